The monoisotopic (exact) mass is 369 g/mol. The Morgan fingerprint density at radius 3 is 2.70 bits per heavy atom. The summed E-state index contributed by atoms with van der Waals surface area (Å²) in [5.74, 6) is -0.618. The van der Waals surface area contributed by atoms with Gasteiger partial charge in [-0.05, 0) is 39.0 Å². The Morgan fingerprint density at radius 2 is 1.96 bits per heavy atom. The molecule has 1 amide bonds. The lowest BCUT2D eigenvalue weighted by Crippen LogP contribution is -2.30. The van der Waals surface area contributed by atoms with Crippen LogP contribution in [0.3, 0.4) is 0 Å². The van der Waals surface area contributed by atoms with E-state index in [1.807, 2.05) is 0 Å². The molecule has 140 valence electrons. The molecule has 0 aliphatic carbocycles. The number of hydrogen-bond acceptors (Lipinski definition) is 7. The van der Waals surface area contributed by atoms with Crippen LogP contribution in [0, 0.1) is 13.8 Å². The largest absolute Gasteiger partial charge is 0.495 e. The second kappa shape index (κ2) is 7.45. The zero-order chi connectivity index (χ0) is 19.6. The van der Waals surface area contributed by atoms with E-state index in [0.717, 1.165) is 0 Å². The smallest absolute Gasteiger partial charge is 0.339 e. The van der Waals surface area contributed by atoms with Crippen molar-refractivity contribution in [3.8, 4) is 5.75 Å². The Bertz CT molecular complexity index is 1010. The van der Waals surface area contributed by atoms with E-state index < -0.39 is 18.0 Å². The first-order valence-corrected chi connectivity index (χ1v) is 8.29. The van der Waals surface area contributed by atoms with E-state index in [1.54, 1.807) is 44.2 Å². The molecule has 8 nitrogen and oxygen atoms in total. The highest BCUT2D eigenvalue weighted by Crippen LogP contribution is 2.25. The normalized spacial score (nSPS) is 11.9. The molecule has 0 saturated heterocycles. The second-order valence-corrected chi connectivity index (χ2v) is 6.00. The second-order valence-electron chi connectivity index (χ2n) is 6.00. The number of nitrogens with zero attached hydrogens (tertiary/aromatic N) is 2. The third kappa shape index (κ3) is 3.74. The molecule has 3 aromatic rings. The lowest BCUT2D eigenvalue weighted by Gasteiger charge is -2.15. The number of amides is 1. The van der Waals surface area contributed by atoms with Crippen molar-refractivity contribution in [1.82, 2.24) is 10.1 Å². The molecular formula is C19H19N3O5. The first-order chi connectivity index (χ1) is 12.9. The van der Waals surface area contributed by atoms with Crippen LogP contribution in [0.1, 0.15) is 28.7 Å². The summed E-state index contributed by atoms with van der Waals surface area (Å²) in [5, 5.41) is 6.99. The van der Waals surface area contributed by atoms with Crippen molar-refractivity contribution in [3.05, 3.63) is 47.3 Å². The molecule has 0 spiro atoms. The van der Waals surface area contributed by atoms with Crippen molar-refractivity contribution >= 4 is 28.7 Å². The van der Waals surface area contributed by atoms with Gasteiger partial charge in [0.05, 0.1) is 29.4 Å². The highest BCUT2D eigenvalue weighted by molar-refractivity contribution is 6.04. The number of aryl methyl sites for hydroxylation is 2. The van der Waals surface area contributed by atoms with Crippen LogP contribution in [-0.2, 0) is 9.53 Å². The van der Waals surface area contributed by atoms with Gasteiger partial charge in [0.25, 0.3) is 11.6 Å². The summed E-state index contributed by atoms with van der Waals surface area (Å²) in [4.78, 5) is 29.2. The van der Waals surface area contributed by atoms with Crippen LogP contribution in [0.4, 0.5) is 5.69 Å². The highest BCUT2D eigenvalue weighted by atomic mass is 16.5. The first-order valence-electron chi connectivity index (χ1n) is 8.29. The maximum atomic E-state index is 12.6. The van der Waals surface area contributed by atoms with Crippen molar-refractivity contribution in [3.63, 3.8) is 0 Å². The molecule has 0 bridgehead atoms. The van der Waals surface area contributed by atoms with Crippen molar-refractivity contribution < 1.29 is 23.6 Å². The van der Waals surface area contributed by atoms with Gasteiger partial charge in [-0.15, -0.1) is 0 Å². The molecule has 1 aromatic carbocycles. The zero-order valence-corrected chi connectivity index (χ0v) is 15.4. The minimum atomic E-state index is -1.02. The number of methoxy groups -OCH3 is 1. The third-order valence-corrected chi connectivity index (χ3v) is 3.98. The summed E-state index contributed by atoms with van der Waals surface area (Å²) in [6.45, 7) is 4.93. The molecule has 0 aliphatic rings. The topological polar surface area (TPSA) is 104 Å². The molecule has 0 fully saturated rings. The Labute approximate surface area is 155 Å². The highest BCUT2D eigenvalue weighted by Gasteiger charge is 2.24. The molecule has 8 heteroatoms. The van der Waals surface area contributed by atoms with Gasteiger partial charge in [0.1, 0.15) is 5.75 Å². The standard InChI is InChI=1S/C19H19N3O5/c1-10-9-13(16-11(2)22-27-18(16)20-10)19(24)26-12(3)17(23)21-14-7-5-6-8-15(14)25-4/h5-9,12H,1-4H3,(H,21,23)/t12-/m1/s1. The number of anilines is 1. The molecular weight excluding hydrogens is 350 g/mol. The van der Waals surface area contributed by atoms with Crippen LogP contribution < -0.4 is 10.1 Å². The Balaban J connectivity index is 1.78. The maximum Gasteiger partial charge on any atom is 0.339 e. The molecule has 0 aliphatic heterocycles. The van der Waals surface area contributed by atoms with Crippen LogP contribution in [0.15, 0.2) is 34.9 Å². The number of benzene rings is 1. The van der Waals surface area contributed by atoms with Gasteiger partial charge >= 0.3 is 5.97 Å². The number of hydrogen-bond donors (Lipinski definition) is 1. The number of ether oxygens (including phenoxy) is 2. The average Bonchev–Trinajstić information content (AvgIpc) is 3.02. The summed E-state index contributed by atoms with van der Waals surface area (Å²) < 4.78 is 15.7. The number of nitrogens with one attached hydrogen (secondary N) is 1. The van der Waals surface area contributed by atoms with Crippen LogP contribution in [-0.4, -0.2) is 35.2 Å². The number of carbonyl (C=O) groups is 2. The number of aromatic nitrogens is 2. The number of esters is 1. The number of pyridine rings is 1. The van der Waals surface area contributed by atoms with Gasteiger partial charge in [-0.25, -0.2) is 9.78 Å². The maximum absolute atomic E-state index is 12.6. The lowest BCUT2D eigenvalue weighted by molar-refractivity contribution is -0.123. The zero-order valence-electron chi connectivity index (χ0n) is 15.4. The van der Waals surface area contributed by atoms with Crippen LogP contribution in [0.25, 0.3) is 11.1 Å². The molecule has 0 radical (unpaired) electrons. The van der Waals surface area contributed by atoms with Gasteiger partial charge in [-0.2, -0.15) is 0 Å². The Hall–Kier alpha value is -3.42. The van der Waals surface area contributed by atoms with Gasteiger partial charge in [-0.3, -0.25) is 4.79 Å². The first kappa shape index (κ1) is 18.4. The fourth-order valence-corrected chi connectivity index (χ4v) is 2.64. The van der Waals surface area contributed by atoms with Gasteiger partial charge in [-0.1, -0.05) is 17.3 Å². The summed E-state index contributed by atoms with van der Waals surface area (Å²) in [6.07, 6.45) is -1.02. The van der Waals surface area contributed by atoms with Gasteiger partial charge in [0.15, 0.2) is 6.10 Å². The fraction of sp³-hybridized carbons (Fsp3) is 0.263. The van der Waals surface area contributed by atoms with E-state index in [0.29, 0.717) is 28.2 Å². The van der Waals surface area contributed by atoms with Gasteiger partial charge in [0, 0.05) is 5.69 Å². The van der Waals surface area contributed by atoms with E-state index >= 15 is 0 Å². The summed E-state index contributed by atoms with van der Waals surface area (Å²) >= 11 is 0. The van der Waals surface area contributed by atoms with E-state index in [1.165, 1.54) is 14.0 Å². The van der Waals surface area contributed by atoms with Crippen LogP contribution >= 0.6 is 0 Å². The molecule has 27 heavy (non-hydrogen) atoms. The third-order valence-electron chi connectivity index (χ3n) is 3.98. The van der Waals surface area contributed by atoms with Gasteiger partial charge < -0.3 is 19.3 Å². The summed E-state index contributed by atoms with van der Waals surface area (Å²) in [7, 11) is 1.51. The molecule has 2 heterocycles. The minimum absolute atomic E-state index is 0.255. The summed E-state index contributed by atoms with van der Waals surface area (Å²) in [6, 6.07) is 8.55. The van der Waals surface area contributed by atoms with E-state index in [-0.39, 0.29) is 11.3 Å². The number of carbonyl (C=O) groups excluding carboxylic acids is 2. The Kier molecular flexibility index (Phi) is 5.07. The predicted molar refractivity (Wildman–Crippen MR) is 97.8 cm³/mol. The average molecular weight is 369 g/mol. The molecule has 0 unspecified atom stereocenters. The van der Waals surface area contributed by atoms with Crippen molar-refractivity contribution in [2.24, 2.45) is 0 Å². The quantitative estimate of drug-likeness (QED) is 0.689. The summed E-state index contributed by atoms with van der Waals surface area (Å²) in [5.41, 5.74) is 2.11. The molecule has 0 saturated carbocycles. The molecule has 3 rings (SSSR count). The van der Waals surface area contributed by atoms with E-state index in [4.69, 9.17) is 14.0 Å². The molecule has 2 aromatic heterocycles. The van der Waals surface area contributed by atoms with E-state index in [9.17, 15) is 9.59 Å². The number of fused-ring (bicyclic) bond motifs is 1. The molecule has 1 atom stereocenters. The SMILES string of the molecule is COc1ccccc1NC(=O)[C@@H](C)OC(=O)c1cc(C)nc2onc(C)c12. The molecule has 1 N–H and O–H groups in total. The minimum Gasteiger partial charge on any atom is -0.495 e. The van der Waals surface area contributed by atoms with Crippen LogP contribution in [0.2, 0.25) is 0 Å². The Morgan fingerprint density at radius 1 is 1.22 bits per heavy atom. The fourth-order valence-electron chi connectivity index (χ4n) is 2.64. The number of para-hydroxylation sites is 2. The van der Waals surface area contributed by atoms with E-state index in [2.05, 4.69) is 15.5 Å². The van der Waals surface area contributed by atoms with Crippen molar-refractivity contribution in [2.75, 3.05) is 12.4 Å². The van der Waals surface area contributed by atoms with Crippen molar-refractivity contribution in [2.45, 2.75) is 26.9 Å². The number of rotatable bonds is 5. The van der Waals surface area contributed by atoms with Crippen molar-refractivity contribution in [1.29, 1.82) is 0 Å². The lowest BCUT2D eigenvalue weighted by atomic mass is 10.1. The van der Waals surface area contributed by atoms with Gasteiger partial charge in [0.2, 0.25) is 0 Å². The predicted octanol–water partition coefficient (Wildman–Crippen LogP) is 3.03. The van der Waals surface area contributed by atoms with Crippen LogP contribution in [0.5, 0.6) is 5.75 Å².